The number of primary amides is 1. The Morgan fingerprint density at radius 3 is 2.43 bits per heavy atom. The maximum absolute atomic E-state index is 12.8. The summed E-state index contributed by atoms with van der Waals surface area (Å²) in [6.45, 7) is 0.629. The first-order valence-electron chi connectivity index (χ1n) is 9.08. The Morgan fingerprint density at radius 2 is 1.79 bits per heavy atom. The zero-order valence-electron chi connectivity index (χ0n) is 15.4. The molecule has 0 saturated carbocycles. The number of hydrogen-bond donors (Lipinski definition) is 1. The van der Waals surface area contributed by atoms with Gasteiger partial charge in [-0.2, -0.15) is 0 Å². The third-order valence-electron chi connectivity index (χ3n) is 5.43. The second kappa shape index (κ2) is 6.63. The number of carbonyl (C=O) groups is 2. The molecule has 2 aliphatic heterocycles. The first kappa shape index (κ1) is 18.5. The predicted octanol–water partition coefficient (Wildman–Crippen LogP) is 2.02. The number of urea groups is 1. The fourth-order valence-electron chi connectivity index (χ4n) is 4.21. The average molecular weight is 399 g/mol. The van der Waals surface area contributed by atoms with Gasteiger partial charge < -0.3 is 10.6 Å². The maximum atomic E-state index is 12.8. The third kappa shape index (κ3) is 2.93. The van der Waals surface area contributed by atoms with Gasteiger partial charge in [0.1, 0.15) is 6.04 Å². The summed E-state index contributed by atoms with van der Waals surface area (Å²) in [5.41, 5.74) is 7.49. The molecule has 8 heteroatoms. The number of sulfone groups is 1. The molecule has 2 atom stereocenters. The van der Waals surface area contributed by atoms with Gasteiger partial charge in [0.2, 0.25) is 5.91 Å². The van der Waals surface area contributed by atoms with E-state index in [1.165, 1.54) is 11.2 Å². The summed E-state index contributed by atoms with van der Waals surface area (Å²) < 4.78 is 24.1. The lowest BCUT2D eigenvalue weighted by atomic mass is 10.0. The second-order valence-electron chi connectivity index (χ2n) is 7.22. The molecule has 0 radical (unpaired) electrons. The molecule has 7 nitrogen and oxygen atoms in total. The molecule has 28 heavy (non-hydrogen) atoms. The number of carbonyl (C=O) groups excluding carboxylic acids is 2. The van der Waals surface area contributed by atoms with Crippen LogP contribution in [0, 0.1) is 0 Å². The van der Waals surface area contributed by atoms with Gasteiger partial charge >= 0.3 is 6.03 Å². The normalized spacial score (nSPS) is 21.8. The Balaban J connectivity index is 1.72. The average Bonchev–Trinajstić information content (AvgIpc) is 3.23. The van der Waals surface area contributed by atoms with Crippen LogP contribution in [-0.4, -0.2) is 50.1 Å². The number of hydrogen-bond acceptors (Lipinski definition) is 4. The van der Waals surface area contributed by atoms with Crippen molar-refractivity contribution in [2.24, 2.45) is 5.73 Å². The van der Waals surface area contributed by atoms with E-state index in [4.69, 9.17) is 5.73 Å². The Morgan fingerprint density at radius 1 is 1.11 bits per heavy atom. The van der Waals surface area contributed by atoms with Gasteiger partial charge in [-0.1, -0.05) is 30.3 Å². The van der Waals surface area contributed by atoms with E-state index in [1.807, 2.05) is 0 Å². The fourth-order valence-corrected chi connectivity index (χ4v) is 5.12. The van der Waals surface area contributed by atoms with Crippen LogP contribution in [0.5, 0.6) is 0 Å². The van der Waals surface area contributed by atoms with E-state index in [2.05, 4.69) is 0 Å². The van der Waals surface area contributed by atoms with Crippen LogP contribution in [0.15, 0.2) is 53.4 Å². The minimum atomic E-state index is -3.38. The predicted molar refractivity (Wildman–Crippen MR) is 106 cm³/mol. The standard InChI is InChI=1S/C20H21N3O4S/c1-28(26,27)17-7-3-2-5-15(17)13-8-10-14(11-9-13)23-18(19(21)24)16-6-4-12-22(16)20(23)25/h2-3,5,7-11,16,18H,4,6,12H2,1H3,(H2,21,24)/t16-,18?/m1/s1. The SMILES string of the molecule is CS(=O)(=O)c1ccccc1-c1ccc(N2C(=O)N3CCC[C@@H]3C2C(N)=O)cc1. The molecular formula is C20H21N3O4S. The Kier molecular flexibility index (Phi) is 4.38. The van der Waals surface area contributed by atoms with Crippen molar-refractivity contribution < 1.29 is 18.0 Å². The highest BCUT2D eigenvalue weighted by Crippen LogP contribution is 2.36. The minimum absolute atomic E-state index is 0.185. The van der Waals surface area contributed by atoms with E-state index in [1.54, 1.807) is 53.4 Å². The van der Waals surface area contributed by atoms with Gasteiger partial charge in [0, 0.05) is 24.1 Å². The quantitative estimate of drug-likeness (QED) is 0.850. The number of anilines is 1. The molecule has 1 unspecified atom stereocenters. The van der Waals surface area contributed by atoms with Gasteiger partial charge in [-0.15, -0.1) is 0 Å². The van der Waals surface area contributed by atoms with Crippen molar-refractivity contribution in [3.05, 3.63) is 48.5 Å². The van der Waals surface area contributed by atoms with Crippen LogP contribution in [0.4, 0.5) is 10.5 Å². The Labute approximate surface area is 163 Å². The maximum Gasteiger partial charge on any atom is 0.325 e. The van der Waals surface area contributed by atoms with E-state index >= 15 is 0 Å². The lowest BCUT2D eigenvalue weighted by molar-refractivity contribution is -0.119. The largest absolute Gasteiger partial charge is 0.368 e. The van der Waals surface area contributed by atoms with Crippen molar-refractivity contribution in [2.45, 2.75) is 29.8 Å². The zero-order chi connectivity index (χ0) is 20.1. The number of rotatable bonds is 4. The monoisotopic (exact) mass is 399 g/mol. The lowest BCUT2D eigenvalue weighted by Gasteiger charge is -2.23. The van der Waals surface area contributed by atoms with Crippen LogP contribution in [0.25, 0.3) is 11.1 Å². The van der Waals surface area contributed by atoms with Crippen molar-refractivity contribution in [3.8, 4) is 11.1 Å². The summed E-state index contributed by atoms with van der Waals surface area (Å²) in [5.74, 6) is -0.519. The molecule has 2 fully saturated rings. The van der Waals surface area contributed by atoms with Crippen molar-refractivity contribution in [1.29, 1.82) is 0 Å². The molecular weight excluding hydrogens is 378 g/mol. The van der Waals surface area contributed by atoms with Gasteiger partial charge in [0.15, 0.2) is 9.84 Å². The molecule has 2 saturated heterocycles. The van der Waals surface area contributed by atoms with E-state index in [0.717, 1.165) is 12.8 Å². The smallest absolute Gasteiger partial charge is 0.325 e. The van der Waals surface area contributed by atoms with Crippen LogP contribution in [0.3, 0.4) is 0 Å². The molecule has 2 aromatic rings. The molecule has 2 aromatic carbocycles. The van der Waals surface area contributed by atoms with Crippen molar-refractivity contribution in [3.63, 3.8) is 0 Å². The number of nitrogens with two attached hydrogens (primary N) is 1. The summed E-state index contributed by atoms with van der Waals surface area (Å²) in [7, 11) is -3.38. The fraction of sp³-hybridized carbons (Fsp3) is 0.300. The van der Waals surface area contributed by atoms with Gasteiger partial charge in [-0.3, -0.25) is 9.69 Å². The molecule has 0 spiro atoms. The van der Waals surface area contributed by atoms with E-state index < -0.39 is 21.8 Å². The number of fused-ring (bicyclic) bond motifs is 1. The van der Waals surface area contributed by atoms with E-state index in [0.29, 0.717) is 23.4 Å². The molecule has 2 N–H and O–H groups in total. The molecule has 0 aromatic heterocycles. The lowest BCUT2D eigenvalue weighted by Crippen LogP contribution is -2.46. The highest BCUT2D eigenvalue weighted by Gasteiger charge is 2.51. The second-order valence-corrected chi connectivity index (χ2v) is 9.20. The van der Waals surface area contributed by atoms with Crippen LogP contribution in [-0.2, 0) is 14.6 Å². The van der Waals surface area contributed by atoms with Gasteiger partial charge in [0.05, 0.1) is 10.9 Å². The zero-order valence-corrected chi connectivity index (χ0v) is 16.2. The van der Waals surface area contributed by atoms with Gasteiger partial charge in [-0.05, 0) is 36.6 Å². The molecule has 2 aliphatic rings. The van der Waals surface area contributed by atoms with Gasteiger partial charge in [-0.25, -0.2) is 13.2 Å². The topological polar surface area (TPSA) is 101 Å². The van der Waals surface area contributed by atoms with Crippen LogP contribution in [0.2, 0.25) is 0 Å². The minimum Gasteiger partial charge on any atom is -0.368 e. The summed E-state index contributed by atoms with van der Waals surface area (Å²) in [6, 6.07) is 12.7. The molecule has 4 rings (SSSR count). The number of benzene rings is 2. The van der Waals surface area contributed by atoms with Crippen LogP contribution in [0.1, 0.15) is 12.8 Å². The Hall–Kier alpha value is -2.87. The molecule has 2 heterocycles. The number of nitrogens with zero attached hydrogens (tertiary/aromatic N) is 2. The highest BCUT2D eigenvalue weighted by atomic mass is 32.2. The van der Waals surface area contributed by atoms with Crippen molar-refractivity contribution >= 4 is 27.5 Å². The van der Waals surface area contributed by atoms with Gasteiger partial charge in [0.25, 0.3) is 0 Å². The Bertz CT molecular complexity index is 1050. The summed E-state index contributed by atoms with van der Waals surface area (Å²) >= 11 is 0. The number of amides is 3. The molecule has 0 aliphatic carbocycles. The summed E-state index contributed by atoms with van der Waals surface area (Å²) in [6.07, 6.45) is 2.80. The summed E-state index contributed by atoms with van der Waals surface area (Å²) in [4.78, 5) is 28.3. The third-order valence-corrected chi connectivity index (χ3v) is 6.58. The molecule has 3 amide bonds. The summed E-state index contributed by atoms with van der Waals surface area (Å²) in [5, 5.41) is 0. The van der Waals surface area contributed by atoms with E-state index in [-0.39, 0.29) is 17.0 Å². The van der Waals surface area contributed by atoms with E-state index in [9.17, 15) is 18.0 Å². The van der Waals surface area contributed by atoms with Crippen molar-refractivity contribution in [2.75, 3.05) is 17.7 Å². The first-order valence-corrected chi connectivity index (χ1v) is 11.0. The van der Waals surface area contributed by atoms with Crippen LogP contribution >= 0.6 is 0 Å². The highest BCUT2D eigenvalue weighted by molar-refractivity contribution is 7.90. The van der Waals surface area contributed by atoms with Crippen LogP contribution < -0.4 is 10.6 Å². The van der Waals surface area contributed by atoms with Crippen molar-refractivity contribution in [1.82, 2.24) is 4.90 Å². The first-order chi connectivity index (χ1) is 13.3. The molecule has 146 valence electrons. The molecule has 0 bridgehead atoms.